The molecule has 1 aromatic rings. The van der Waals surface area contributed by atoms with E-state index in [0.29, 0.717) is 17.7 Å². The SMILES string of the molecule is Cc1cc(C(=O)NCC2NCCCC2(C)C)ccc1[N+](=O)[O-]. The van der Waals surface area contributed by atoms with Crippen molar-refractivity contribution < 1.29 is 9.72 Å². The average Bonchev–Trinajstić information content (AvgIpc) is 2.44. The molecule has 0 aromatic heterocycles. The summed E-state index contributed by atoms with van der Waals surface area (Å²) in [7, 11) is 0. The number of amides is 1. The van der Waals surface area contributed by atoms with E-state index in [2.05, 4.69) is 24.5 Å². The topological polar surface area (TPSA) is 84.3 Å². The summed E-state index contributed by atoms with van der Waals surface area (Å²) in [4.78, 5) is 22.6. The van der Waals surface area contributed by atoms with Crippen LogP contribution in [-0.2, 0) is 0 Å². The molecule has 1 atom stereocenters. The van der Waals surface area contributed by atoms with E-state index < -0.39 is 4.92 Å². The maximum absolute atomic E-state index is 12.2. The van der Waals surface area contributed by atoms with Gasteiger partial charge in [-0.1, -0.05) is 13.8 Å². The van der Waals surface area contributed by atoms with Crippen LogP contribution in [0.2, 0.25) is 0 Å². The number of hydrogen-bond acceptors (Lipinski definition) is 4. The van der Waals surface area contributed by atoms with Gasteiger partial charge in [0.05, 0.1) is 4.92 Å². The van der Waals surface area contributed by atoms with Gasteiger partial charge in [0.2, 0.25) is 0 Å². The Morgan fingerprint density at radius 1 is 1.50 bits per heavy atom. The zero-order valence-corrected chi connectivity index (χ0v) is 13.3. The third-order valence-corrected chi connectivity index (χ3v) is 4.45. The van der Waals surface area contributed by atoms with Crippen LogP contribution in [0.4, 0.5) is 5.69 Å². The van der Waals surface area contributed by atoms with Crippen LogP contribution in [0.25, 0.3) is 0 Å². The van der Waals surface area contributed by atoms with Gasteiger partial charge in [-0.05, 0) is 43.9 Å². The molecule has 6 heteroatoms. The monoisotopic (exact) mass is 305 g/mol. The zero-order chi connectivity index (χ0) is 16.3. The fraction of sp³-hybridized carbons (Fsp3) is 0.562. The molecule has 1 saturated heterocycles. The Kier molecular flexibility index (Phi) is 4.81. The highest BCUT2D eigenvalue weighted by Gasteiger charge is 2.32. The van der Waals surface area contributed by atoms with Gasteiger partial charge >= 0.3 is 0 Å². The molecule has 120 valence electrons. The number of nitrogens with zero attached hydrogens (tertiary/aromatic N) is 1. The summed E-state index contributed by atoms with van der Waals surface area (Å²) in [6.45, 7) is 7.57. The number of carbonyl (C=O) groups excluding carboxylic acids is 1. The van der Waals surface area contributed by atoms with Crippen molar-refractivity contribution in [3.8, 4) is 0 Å². The number of rotatable bonds is 4. The molecule has 2 rings (SSSR count). The van der Waals surface area contributed by atoms with Crippen molar-refractivity contribution in [2.45, 2.75) is 39.7 Å². The molecule has 1 unspecified atom stereocenters. The minimum atomic E-state index is -0.439. The summed E-state index contributed by atoms with van der Waals surface area (Å²) in [6.07, 6.45) is 2.29. The van der Waals surface area contributed by atoms with Gasteiger partial charge < -0.3 is 10.6 Å². The number of nitrogens with one attached hydrogen (secondary N) is 2. The lowest BCUT2D eigenvalue weighted by Crippen LogP contribution is -2.52. The minimum absolute atomic E-state index is 0.0339. The highest BCUT2D eigenvalue weighted by atomic mass is 16.6. The number of piperidine rings is 1. The summed E-state index contributed by atoms with van der Waals surface area (Å²) in [5, 5.41) is 17.2. The standard InChI is InChI=1S/C16H23N3O3/c1-11-9-12(5-6-13(11)19(21)22)15(20)18-10-14-16(2,3)7-4-8-17-14/h5-6,9,14,17H,4,7-8,10H2,1-3H3,(H,18,20). The van der Waals surface area contributed by atoms with Crippen LogP contribution in [0.1, 0.15) is 42.6 Å². The van der Waals surface area contributed by atoms with Crippen LogP contribution in [0.15, 0.2) is 18.2 Å². The van der Waals surface area contributed by atoms with Crippen LogP contribution < -0.4 is 10.6 Å². The second-order valence-corrected chi connectivity index (χ2v) is 6.57. The molecule has 2 N–H and O–H groups in total. The Morgan fingerprint density at radius 3 is 2.82 bits per heavy atom. The summed E-state index contributed by atoms with van der Waals surface area (Å²) in [5.74, 6) is -0.193. The van der Waals surface area contributed by atoms with Gasteiger partial charge in [-0.25, -0.2) is 0 Å². The van der Waals surface area contributed by atoms with Crippen molar-refractivity contribution in [1.29, 1.82) is 0 Å². The van der Waals surface area contributed by atoms with E-state index in [4.69, 9.17) is 0 Å². The summed E-state index contributed by atoms with van der Waals surface area (Å²) in [6, 6.07) is 4.68. The number of hydrogen-bond donors (Lipinski definition) is 2. The number of nitro benzene ring substituents is 1. The molecule has 0 bridgehead atoms. The lowest BCUT2D eigenvalue weighted by Gasteiger charge is -2.39. The second kappa shape index (κ2) is 6.44. The van der Waals surface area contributed by atoms with Gasteiger partial charge in [0.15, 0.2) is 0 Å². The number of nitro groups is 1. The van der Waals surface area contributed by atoms with Gasteiger partial charge in [-0.15, -0.1) is 0 Å². The third kappa shape index (κ3) is 3.62. The van der Waals surface area contributed by atoms with Crippen LogP contribution in [0.3, 0.4) is 0 Å². The molecule has 1 aliphatic heterocycles. The molecule has 1 fully saturated rings. The minimum Gasteiger partial charge on any atom is -0.350 e. The molecule has 0 saturated carbocycles. The second-order valence-electron chi connectivity index (χ2n) is 6.57. The van der Waals surface area contributed by atoms with Crippen molar-refractivity contribution in [2.75, 3.05) is 13.1 Å². The third-order valence-electron chi connectivity index (χ3n) is 4.45. The molecule has 0 radical (unpaired) electrons. The molecule has 6 nitrogen and oxygen atoms in total. The molecule has 1 aliphatic rings. The molecule has 1 heterocycles. The normalized spacial score (nSPS) is 20.4. The predicted molar refractivity (Wildman–Crippen MR) is 85.0 cm³/mol. The zero-order valence-electron chi connectivity index (χ0n) is 13.3. The van der Waals surface area contributed by atoms with Gasteiger partial charge in [0.25, 0.3) is 11.6 Å². The van der Waals surface area contributed by atoms with Gasteiger partial charge in [0, 0.05) is 29.8 Å². The first kappa shape index (κ1) is 16.4. The first-order valence-corrected chi connectivity index (χ1v) is 7.58. The van der Waals surface area contributed by atoms with E-state index in [-0.39, 0.29) is 23.1 Å². The van der Waals surface area contributed by atoms with Crippen molar-refractivity contribution >= 4 is 11.6 Å². The van der Waals surface area contributed by atoms with E-state index in [0.717, 1.165) is 19.4 Å². The van der Waals surface area contributed by atoms with Crippen LogP contribution >= 0.6 is 0 Å². The number of benzene rings is 1. The molecule has 0 aliphatic carbocycles. The van der Waals surface area contributed by atoms with Crippen LogP contribution in [-0.4, -0.2) is 30.0 Å². The van der Waals surface area contributed by atoms with E-state index in [1.54, 1.807) is 13.0 Å². The molecule has 22 heavy (non-hydrogen) atoms. The van der Waals surface area contributed by atoms with Crippen LogP contribution in [0, 0.1) is 22.5 Å². The lowest BCUT2D eigenvalue weighted by molar-refractivity contribution is -0.385. The first-order valence-electron chi connectivity index (χ1n) is 7.58. The fourth-order valence-electron chi connectivity index (χ4n) is 2.92. The Morgan fingerprint density at radius 2 is 2.23 bits per heavy atom. The summed E-state index contributed by atoms with van der Waals surface area (Å²) < 4.78 is 0. The maximum Gasteiger partial charge on any atom is 0.272 e. The van der Waals surface area contributed by atoms with Gasteiger partial charge in [0.1, 0.15) is 0 Å². The average molecular weight is 305 g/mol. The molecule has 1 amide bonds. The number of carbonyl (C=O) groups is 1. The Labute approximate surface area is 130 Å². The predicted octanol–water partition coefficient (Wildman–Crippen LogP) is 2.41. The van der Waals surface area contributed by atoms with E-state index >= 15 is 0 Å². The summed E-state index contributed by atoms with van der Waals surface area (Å²) in [5.41, 5.74) is 1.13. The smallest absolute Gasteiger partial charge is 0.272 e. The quantitative estimate of drug-likeness (QED) is 0.661. The Bertz CT molecular complexity index is 584. The van der Waals surface area contributed by atoms with Gasteiger partial charge in [-0.2, -0.15) is 0 Å². The highest BCUT2D eigenvalue weighted by molar-refractivity contribution is 5.94. The fourth-order valence-corrected chi connectivity index (χ4v) is 2.92. The Balaban J connectivity index is 2.00. The Hall–Kier alpha value is -1.95. The van der Waals surface area contributed by atoms with E-state index in [1.807, 2.05) is 0 Å². The maximum atomic E-state index is 12.2. The van der Waals surface area contributed by atoms with E-state index in [9.17, 15) is 14.9 Å². The molecule has 1 aromatic carbocycles. The lowest BCUT2D eigenvalue weighted by atomic mass is 9.77. The highest BCUT2D eigenvalue weighted by Crippen LogP contribution is 2.29. The van der Waals surface area contributed by atoms with E-state index in [1.165, 1.54) is 12.1 Å². The number of aryl methyl sites for hydroxylation is 1. The summed E-state index contributed by atoms with van der Waals surface area (Å²) >= 11 is 0. The van der Waals surface area contributed by atoms with Crippen molar-refractivity contribution in [3.05, 3.63) is 39.4 Å². The van der Waals surface area contributed by atoms with Crippen LogP contribution in [0.5, 0.6) is 0 Å². The molecular formula is C16H23N3O3. The van der Waals surface area contributed by atoms with Crippen molar-refractivity contribution in [2.24, 2.45) is 5.41 Å². The first-order chi connectivity index (χ1) is 10.3. The van der Waals surface area contributed by atoms with Crippen molar-refractivity contribution in [3.63, 3.8) is 0 Å². The van der Waals surface area contributed by atoms with Crippen molar-refractivity contribution in [1.82, 2.24) is 10.6 Å². The van der Waals surface area contributed by atoms with Gasteiger partial charge in [-0.3, -0.25) is 14.9 Å². The largest absolute Gasteiger partial charge is 0.350 e. The molecule has 0 spiro atoms. The molecular weight excluding hydrogens is 282 g/mol.